The van der Waals surface area contributed by atoms with E-state index in [9.17, 15) is 9.90 Å². The molecule has 0 radical (unpaired) electrons. The molecule has 3 N–H and O–H groups in total. The number of phenolic OH excluding ortho intramolecular Hbond substituents is 1. The van der Waals surface area contributed by atoms with Crippen LogP contribution in [0, 0.1) is 0 Å². The van der Waals surface area contributed by atoms with Crippen LogP contribution in [0.1, 0.15) is 15.9 Å². The molecule has 34 heavy (non-hydrogen) atoms. The molecule has 0 bridgehead atoms. The highest BCUT2D eigenvalue weighted by atomic mass is 16.5. The number of hydrogen-bond acceptors (Lipinski definition) is 5. The molecule has 0 spiro atoms. The average molecular weight is 455 g/mol. The summed E-state index contributed by atoms with van der Waals surface area (Å²) < 4.78 is 10.6. The molecule has 0 aliphatic rings. The first-order valence-corrected chi connectivity index (χ1v) is 10.8. The molecule has 0 aliphatic heterocycles. The molecule has 6 heteroatoms. The van der Waals surface area contributed by atoms with E-state index in [4.69, 9.17) is 9.47 Å². The van der Waals surface area contributed by atoms with Crippen LogP contribution in [0.4, 0.5) is 11.4 Å². The van der Waals surface area contributed by atoms with Crippen molar-refractivity contribution >= 4 is 17.3 Å². The molecule has 0 heterocycles. The van der Waals surface area contributed by atoms with Gasteiger partial charge in [-0.25, -0.2) is 0 Å². The summed E-state index contributed by atoms with van der Waals surface area (Å²) in [5.41, 5.74) is 4.41. The van der Waals surface area contributed by atoms with Crippen LogP contribution in [-0.4, -0.2) is 25.2 Å². The molecule has 0 saturated carbocycles. The molecule has 0 aromatic heterocycles. The van der Waals surface area contributed by atoms with Crippen molar-refractivity contribution in [3.8, 4) is 28.4 Å². The third kappa shape index (κ3) is 5.13. The number of aromatic hydroxyl groups is 1. The van der Waals surface area contributed by atoms with Gasteiger partial charge in [0.15, 0.2) is 11.5 Å². The fourth-order valence-corrected chi connectivity index (χ4v) is 3.68. The minimum atomic E-state index is -0.301. The van der Waals surface area contributed by atoms with Crippen molar-refractivity contribution in [2.45, 2.75) is 6.54 Å². The van der Waals surface area contributed by atoms with Gasteiger partial charge in [0.25, 0.3) is 5.91 Å². The monoisotopic (exact) mass is 454 g/mol. The van der Waals surface area contributed by atoms with Gasteiger partial charge in [-0.2, -0.15) is 0 Å². The van der Waals surface area contributed by atoms with E-state index in [0.29, 0.717) is 29.3 Å². The van der Waals surface area contributed by atoms with Gasteiger partial charge in [-0.1, -0.05) is 54.6 Å². The van der Waals surface area contributed by atoms with Gasteiger partial charge in [-0.15, -0.1) is 0 Å². The minimum Gasteiger partial charge on any atom is -0.506 e. The van der Waals surface area contributed by atoms with E-state index in [0.717, 1.165) is 22.4 Å². The zero-order valence-corrected chi connectivity index (χ0v) is 19.0. The van der Waals surface area contributed by atoms with Crippen molar-refractivity contribution in [3.05, 3.63) is 102 Å². The first-order chi connectivity index (χ1) is 16.6. The van der Waals surface area contributed by atoms with Gasteiger partial charge >= 0.3 is 0 Å². The Bertz CT molecular complexity index is 1290. The van der Waals surface area contributed by atoms with Crippen molar-refractivity contribution in [1.82, 2.24) is 0 Å². The van der Waals surface area contributed by atoms with Crippen LogP contribution in [0.3, 0.4) is 0 Å². The maximum atomic E-state index is 13.1. The van der Waals surface area contributed by atoms with Crippen LogP contribution in [0.25, 0.3) is 11.1 Å². The van der Waals surface area contributed by atoms with Gasteiger partial charge in [-0.3, -0.25) is 4.79 Å². The summed E-state index contributed by atoms with van der Waals surface area (Å²) in [5, 5.41) is 16.5. The Morgan fingerprint density at radius 3 is 2.29 bits per heavy atom. The van der Waals surface area contributed by atoms with Crippen molar-refractivity contribution in [1.29, 1.82) is 0 Å². The van der Waals surface area contributed by atoms with Crippen LogP contribution in [0.15, 0.2) is 91.0 Å². The molecule has 4 aromatic rings. The van der Waals surface area contributed by atoms with Crippen molar-refractivity contribution in [2.24, 2.45) is 0 Å². The Balaban J connectivity index is 1.52. The van der Waals surface area contributed by atoms with E-state index in [1.54, 1.807) is 32.4 Å². The number of ether oxygens (including phenoxy) is 2. The second-order valence-electron chi connectivity index (χ2n) is 7.63. The number of anilines is 2. The maximum Gasteiger partial charge on any atom is 0.256 e. The number of carbonyl (C=O) groups excluding carboxylic acids is 1. The average Bonchev–Trinajstić information content (AvgIpc) is 2.89. The standard InChI is InChI=1S/C28H26N2O4/c1-33-26-15-13-22(17-27(26)34-2)29-18-21-10-6-7-11-23(21)28(32)30-24-16-20(12-14-25(24)31)19-8-4-3-5-9-19/h3-17,29,31H,18H2,1-2H3,(H,30,32). The topological polar surface area (TPSA) is 79.8 Å². The predicted molar refractivity (Wildman–Crippen MR) is 135 cm³/mol. The van der Waals surface area contributed by atoms with Crippen LogP contribution >= 0.6 is 0 Å². The first-order valence-electron chi connectivity index (χ1n) is 10.8. The lowest BCUT2D eigenvalue weighted by Crippen LogP contribution is -2.15. The summed E-state index contributed by atoms with van der Waals surface area (Å²) >= 11 is 0. The number of rotatable bonds is 8. The minimum absolute atomic E-state index is 0.00830. The summed E-state index contributed by atoms with van der Waals surface area (Å²) in [7, 11) is 3.18. The number of amides is 1. The molecule has 4 aromatic carbocycles. The molecule has 6 nitrogen and oxygen atoms in total. The maximum absolute atomic E-state index is 13.1. The number of carbonyl (C=O) groups is 1. The molecular formula is C28H26N2O4. The number of phenols is 1. The summed E-state index contributed by atoms with van der Waals surface area (Å²) in [6.07, 6.45) is 0. The highest BCUT2D eigenvalue weighted by molar-refractivity contribution is 6.06. The van der Waals surface area contributed by atoms with Gasteiger partial charge < -0.3 is 25.2 Å². The Hall–Kier alpha value is -4.45. The van der Waals surface area contributed by atoms with Crippen molar-refractivity contribution < 1.29 is 19.4 Å². The Morgan fingerprint density at radius 1 is 0.794 bits per heavy atom. The largest absolute Gasteiger partial charge is 0.506 e. The zero-order chi connectivity index (χ0) is 23.9. The van der Waals surface area contributed by atoms with E-state index in [1.165, 1.54) is 0 Å². The predicted octanol–water partition coefficient (Wildman–Crippen LogP) is 5.94. The highest BCUT2D eigenvalue weighted by Gasteiger charge is 2.14. The Kier molecular flexibility index (Phi) is 6.98. The summed E-state index contributed by atoms with van der Waals surface area (Å²) in [6.45, 7) is 0.426. The lowest BCUT2D eigenvalue weighted by Gasteiger charge is -2.14. The molecule has 1 amide bonds. The lowest BCUT2D eigenvalue weighted by molar-refractivity contribution is 0.102. The summed E-state index contributed by atoms with van der Waals surface area (Å²) in [4.78, 5) is 13.1. The molecular weight excluding hydrogens is 428 g/mol. The highest BCUT2D eigenvalue weighted by Crippen LogP contribution is 2.31. The number of nitrogens with one attached hydrogen (secondary N) is 2. The first kappa shape index (κ1) is 22.7. The van der Waals surface area contributed by atoms with Crippen LogP contribution < -0.4 is 20.1 Å². The van der Waals surface area contributed by atoms with E-state index in [2.05, 4.69) is 10.6 Å². The van der Waals surface area contributed by atoms with E-state index >= 15 is 0 Å². The molecule has 0 saturated heterocycles. The lowest BCUT2D eigenvalue weighted by atomic mass is 10.0. The molecule has 0 fully saturated rings. The normalized spacial score (nSPS) is 10.4. The van der Waals surface area contributed by atoms with E-state index < -0.39 is 0 Å². The third-order valence-electron chi connectivity index (χ3n) is 5.48. The van der Waals surface area contributed by atoms with Gasteiger partial charge in [0, 0.05) is 23.9 Å². The van der Waals surface area contributed by atoms with Gasteiger partial charge in [-0.05, 0) is 47.0 Å². The second kappa shape index (κ2) is 10.4. The quantitative estimate of drug-likeness (QED) is 0.287. The molecule has 0 unspecified atom stereocenters. The number of methoxy groups -OCH3 is 2. The fourth-order valence-electron chi connectivity index (χ4n) is 3.68. The second-order valence-corrected chi connectivity index (χ2v) is 7.63. The van der Waals surface area contributed by atoms with Gasteiger partial charge in [0.05, 0.1) is 19.9 Å². The van der Waals surface area contributed by atoms with Gasteiger partial charge in [0.1, 0.15) is 5.75 Å². The number of hydrogen-bond donors (Lipinski definition) is 3. The van der Waals surface area contributed by atoms with Crippen LogP contribution in [0.5, 0.6) is 17.2 Å². The molecule has 0 atom stereocenters. The zero-order valence-electron chi connectivity index (χ0n) is 19.0. The van der Waals surface area contributed by atoms with Gasteiger partial charge in [0.2, 0.25) is 0 Å². The molecule has 4 rings (SSSR count). The molecule has 172 valence electrons. The van der Waals surface area contributed by atoms with E-state index in [-0.39, 0.29) is 11.7 Å². The molecule has 0 aliphatic carbocycles. The Morgan fingerprint density at radius 2 is 1.53 bits per heavy atom. The third-order valence-corrected chi connectivity index (χ3v) is 5.48. The smallest absolute Gasteiger partial charge is 0.256 e. The van der Waals surface area contributed by atoms with E-state index in [1.807, 2.05) is 72.8 Å². The Labute approximate surface area is 198 Å². The van der Waals surface area contributed by atoms with Crippen LogP contribution in [-0.2, 0) is 6.54 Å². The van der Waals surface area contributed by atoms with Crippen LogP contribution in [0.2, 0.25) is 0 Å². The fraction of sp³-hybridized carbons (Fsp3) is 0.107. The van der Waals surface area contributed by atoms with Crippen molar-refractivity contribution in [2.75, 3.05) is 24.9 Å². The van der Waals surface area contributed by atoms with Crippen molar-refractivity contribution in [3.63, 3.8) is 0 Å². The summed E-state index contributed by atoms with van der Waals surface area (Å²) in [5.74, 6) is 0.969. The SMILES string of the molecule is COc1ccc(NCc2ccccc2C(=O)Nc2cc(-c3ccccc3)ccc2O)cc1OC. The summed E-state index contributed by atoms with van der Waals surface area (Å²) in [6, 6.07) is 27.9. The number of benzene rings is 4.